The van der Waals surface area contributed by atoms with E-state index in [1.165, 1.54) is 19.3 Å². The van der Waals surface area contributed by atoms with Crippen LogP contribution in [0.1, 0.15) is 51.9 Å². The fourth-order valence-electron chi connectivity index (χ4n) is 2.57. The molecule has 1 rings (SSSR count). The van der Waals surface area contributed by atoms with Gasteiger partial charge in [-0.1, -0.05) is 38.5 Å². The number of rotatable bonds is 6. The number of hydrogen-bond acceptors (Lipinski definition) is 2. The molecule has 0 aromatic heterocycles. The molecule has 0 aromatic rings. The summed E-state index contributed by atoms with van der Waals surface area (Å²) in [5, 5.41) is 13.0. The second kappa shape index (κ2) is 6.93. The van der Waals surface area contributed by atoms with Gasteiger partial charge in [-0.25, -0.2) is 0 Å². The second-order valence-electron chi connectivity index (χ2n) is 5.11. The standard InChI is InChI=1S/C14H25NO/c1-3-8-13(4-2)15-11-14(12-16)9-6-5-7-10-14/h2,13,15-16H,3,5-12H2,1H3. The first-order valence-electron chi connectivity index (χ1n) is 6.57. The Morgan fingerprint density at radius 3 is 2.56 bits per heavy atom. The Morgan fingerprint density at radius 2 is 2.06 bits per heavy atom. The first kappa shape index (κ1) is 13.5. The molecule has 0 aromatic carbocycles. The molecule has 1 atom stereocenters. The lowest BCUT2D eigenvalue weighted by Gasteiger charge is -2.36. The van der Waals surface area contributed by atoms with Crippen LogP contribution in [-0.2, 0) is 0 Å². The minimum absolute atomic E-state index is 0.0983. The van der Waals surface area contributed by atoms with Gasteiger partial charge in [-0.15, -0.1) is 6.42 Å². The monoisotopic (exact) mass is 223 g/mol. The molecule has 0 amide bonds. The number of terminal acetylenes is 1. The summed E-state index contributed by atoms with van der Waals surface area (Å²) in [6.07, 6.45) is 13.7. The maximum Gasteiger partial charge on any atom is 0.0687 e. The summed E-state index contributed by atoms with van der Waals surface area (Å²) >= 11 is 0. The van der Waals surface area contributed by atoms with Gasteiger partial charge in [0.25, 0.3) is 0 Å². The van der Waals surface area contributed by atoms with Crippen molar-refractivity contribution in [3.63, 3.8) is 0 Å². The van der Waals surface area contributed by atoms with Gasteiger partial charge in [-0.2, -0.15) is 0 Å². The van der Waals surface area contributed by atoms with E-state index in [9.17, 15) is 5.11 Å². The van der Waals surface area contributed by atoms with Crippen LogP contribution in [0.25, 0.3) is 0 Å². The molecule has 0 radical (unpaired) electrons. The molecule has 92 valence electrons. The highest BCUT2D eigenvalue weighted by molar-refractivity contribution is 4.99. The number of hydrogen-bond donors (Lipinski definition) is 2. The zero-order valence-corrected chi connectivity index (χ0v) is 10.5. The van der Waals surface area contributed by atoms with Crippen LogP contribution in [0.3, 0.4) is 0 Å². The molecule has 2 N–H and O–H groups in total. The zero-order chi connectivity index (χ0) is 11.9. The maximum atomic E-state index is 9.57. The first-order valence-corrected chi connectivity index (χ1v) is 6.57. The average Bonchev–Trinajstić information content (AvgIpc) is 2.35. The van der Waals surface area contributed by atoms with Crippen molar-refractivity contribution < 1.29 is 5.11 Å². The molecular formula is C14H25NO. The van der Waals surface area contributed by atoms with E-state index in [2.05, 4.69) is 18.2 Å². The predicted octanol–water partition coefficient (Wildman–Crippen LogP) is 2.32. The molecular weight excluding hydrogens is 198 g/mol. The maximum absolute atomic E-state index is 9.57. The smallest absolute Gasteiger partial charge is 0.0687 e. The van der Waals surface area contributed by atoms with Crippen molar-refractivity contribution in [2.75, 3.05) is 13.2 Å². The molecule has 1 unspecified atom stereocenters. The Hall–Kier alpha value is -0.520. The van der Waals surface area contributed by atoms with Gasteiger partial charge in [0.05, 0.1) is 6.04 Å². The minimum atomic E-state index is 0.0983. The molecule has 1 saturated carbocycles. The molecule has 0 spiro atoms. The Bertz CT molecular complexity index is 225. The highest BCUT2D eigenvalue weighted by atomic mass is 16.3. The van der Waals surface area contributed by atoms with Crippen molar-refractivity contribution in [1.29, 1.82) is 0 Å². The van der Waals surface area contributed by atoms with Gasteiger partial charge in [-0.05, 0) is 19.3 Å². The van der Waals surface area contributed by atoms with Crippen molar-refractivity contribution in [2.24, 2.45) is 5.41 Å². The number of aliphatic hydroxyl groups is 1. The quantitative estimate of drug-likeness (QED) is 0.677. The van der Waals surface area contributed by atoms with E-state index in [4.69, 9.17) is 6.42 Å². The SMILES string of the molecule is C#CC(CCC)NCC1(CO)CCCCC1. The summed E-state index contributed by atoms with van der Waals surface area (Å²) in [6.45, 7) is 3.32. The van der Waals surface area contributed by atoms with Crippen molar-refractivity contribution in [1.82, 2.24) is 5.32 Å². The summed E-state index contributed by atoms with van der Waals surface area (Å²) in [7, 11) is 0. The lowest BCUT2D eigenvalue weighted by atomic mass is 9.74. The van der Waals surface area contributed by atoms with Crippen LogP contribution in [0, 0.1) is 17.8 Å². The largest absolute Gasteiger partial charge is 0.396 e. The van der Waals surface area contributed by atoms with E-state index in [-0.39, 0.29) is 11.5 Å². The summed E-state index contributed by atoms with van der Waals surface area (Å²) in [5.74, 6) is 2.79. The molecule has 0 bridgehead atoms. The van der Waals surface area contributed by atoms with Gasteiger partial charge in [0.2, 0.25) is 0 Å². The Balaban J connectivity index is 2.40. The Kier molecular flexibility index (Phi) is 5.87. The van der Waals surface area contributed by atoms with Crippen LogP contribution in [0.2, 0.25) is 0 Å². The molecule has 0 saturated heterocycles. The predicted molar refractivity (Wildman–Crippen MR) is 68.1 cm³/mol. The molecule has 1 aliphatic rings. The van der Waals surface area contributed by atoms with Gasteiger partial charge in [-0.3, -0.25) is 0 Å². The molecule has 1 aliphatic carbocycles. The molecule has 0 aliphatic heterocycles. The Morgan fingerprint density at radius 1 is 1.38 bits per heavy atom. The van der Waals surface area contributed by atoms with Crippen LogP contribution < -0.4 is 5.32 Å². The lowest BCUT2D eigenvalue weighted by Crippen LogP contribution is -2.42. The van der Waals surface area contributed by atoms with Crippen LogP contribution >= 0.6 is 0 Å². The van der Waals surface area contributed by atoms with E-state index in [1.807, 2.05) is 0 Å². The van der Waals surface area contributed by atoms with Crippen LogP contribution in [0.4, 0.5) is 0 Å². The molecule has 2 heteroatoms. The number of aliphatic hydroxyl groups excluding tert-OH is 1. The minimum Gasteiger partial charge on any atom is -0.396 e. The second-order valence-corrected chi connectivity index (χ2v) is 5.11. The zero-order valence-electron chi connectivity index (χ0n) is 10.5. The fourth-order valence-corrected chi connectivity index (χ4v) is 2.57. The third kappa shape index (κ3) is 3.81. The van der Waals surface area contributed by atoms with E-state index >= 15 is 0 Å². The van der Waals surface area contributed by atoms with Gasteiger partial charge >= 0.3 is 0 Å². The summed E-state index contributed by atoms with van der Waals surface area (Å²) in [4.78, 5) is 0. The third-order valence-electron chi connectivity index (χ3n) is 3.75. The van der Waals surface area contributed by atoms with Crippen LogP contribution in [0.5, 0.6) is 0 Å². The topological polar surface area (TPSA) is 32.3 Å². The van der Waals surface area contributed by atoms with E-state index < -0.39 is 0 Å². The van der Waals surface area contributed by atoms with Gasteiger partial charge in [0.15, 0.2) is 0 Å². The third-order valence-corrected chi connectivity index (χ3v) is 3.75. The molecule has 2 nitrogen and oxygen atoms in total. The van der Waals surface area contributed by atoms with Crippen molar-refractivity contribution in [3.05, 3.63) is 0 Å². The van der Waals surface area contributed by atoms with Gasteiger partial charge in [0.1, 0.15) is 0 Å². The highest BCUT2D eigenvalue weighted by Crippen LogP contribution is 2.35. The molecule has 16 heavy (non-hydrogen) atoms. The normalized spacial score (nSPS) is 21.3. The highest BCUT2D eigenvalue weighted by Gasteiger charge is 2.31. The van der Waals surface area contributed by atoms with E-state index in [1.54, 1.807) is 0 Å². The lowest BCUT2D eigenvalue weighted by molar-refractivity contribution is 0.0797. The van der Waals surface area contributed by atoms with E-state index in [0.29, 0.717) is 6.61 Å². The van der Waals surface area contributed by atoms with Gasteiger partial charge < -0.3 is 10.4 Å². The summed E-state index contributed by atoms with van der Waals surface area (Å²) in [6, 6.07) is 0.176. The number of nitrogens with one attached hydrogen (secondary N) is 1. The van der Waals surface area contributed by atoms with Crippen LogP contribution in [-0.4, -0.2) is 24.3 Å². The first-order chi connectivity index (χ1) is 7.76. The van der Waals surface area contributed by atoms with Crippen LogP contribution in [0.15, 0.2) is 0 Å². The van der Waals surface area contributed by atoms with Crippen molar-refractivity contribution in [3.8, 4) is 12.3 Å². The Labute approximate surface area is 99.8 Å². The fraction of sp³-hybridized carbons (Fsp3) is 0.857. The van der Waals surface area contributed by atoms with E-state index in [0.717, 1.165) is 32.2 Å². The average molecular weight is 223 g/mol. The molecule has 1 fully saturated rings. The summed E-state index contributed by atoms with van der Waals surface area (Å²) in [5.41, 5.74) is 0.0983. The van der Waals surface area contributed by atoms with Gasteiger partial charge in [0, 0.05) is 18.6 Å². The molecule has 0 heterocycles. The van der Waals surface area contributed by atoms with Crippen molar-refractivity contribution in [2.45, 2.75) is 57.9 Å². The van der Waals surface area contributed by atoms with Crippen molar-refractivity contribution >= 4 is 0 Å². The summed E-state index contributed by atoms with van der Waals surface area (Å²) < 4.78 is 0.